The van der Waals surface area contributed by atoms with Crippen molar-refractivity contribution in [1.82, 2.24) is 15.3 Å². The van der Waals surface area contributed by atoms with Crippen molar-refractivity contribution in [1.29, 1.82) is 0 Å². The Morgan fingerprint density at radius 2 is 1.97 bits per heavy atom. The van der Waals surface area contributed by atoms with Crippen LogP contribution in [-0.4, -0.2) is 21.5 Å². The summed E-state index contributed by atoms with van der Waals surface area (Å²) in [5.41, 5.74) is 2.98. The van der Waals surface area contributed by atoms with Crippen molar-refractivity contribution in [2.75, 3.05) is 5.32 Å². The van der Waals surface area contributed by atoms with Gasteiger partial charge in [-0.25, -0.2) is 4.68 Å². The Balaban J connectivity index is 1.85. The molecule has 2 N–H and O–H groups in total. The summed E-state index contributed by atoms with van der Waals surface area (Å²) < 4.78 is 6.91. The molecule has 0 unspecified atom stereocenters. The molecule has 0 radical (unpaired) electrons. The highest BCUT2D eigenvalue weighted by Gasteiger charge is 2.20. The average Bonchev–Trinajstić information content (AvgIpc) is 3.07. The largest absolute Gasteiger partial charge is 0.434 e. The molecule has 152 valence electrons. The van der Waals surface area contributed by atoms with Crippen LogP contribution >= 0.6 is 23.2 Å². The molecule has 9 nitrogen and oxygen atoms in total. The van der Waals surface area contributed by atoms with E-state index in [-0.39, 0.29) is 44.9 Å². The lowest BCUT2D eigenvalue weighted by atomic mass is 10.1. The van der Waals surface area contributed by atoms with E-state index in [0.29, 0.717) is 11.3 Å². The molecule has 1 amide bonds. The van der Waals surface area contributed by atoms with E-state index in [0.717, 1.165) is 0 Å². The number of nitrogens with zero attached hydrogens (tertiary/aromatic N) is 3. The van der Waals surface area contributed by atoms with Crippen LogP contribution in [-0.2, 0) is 16.7 Å². The van der Waals surface area contributed by atoms with Gasteiger partial charge in [0, 0.05) is 24.4 Å². The Morgan fingerprint density at radius 1 is 1.31 bits per heavy atom. The van der Waals surface area contributed by atoms with Crippen LogP contribution in [0.5, 0.6) is 11.6 Å². The van der Waals surface area contributed by atoms with Crippen molar-refractivity contribution in [2.45, 2.75) is 19.8 Å². The van der Waals surface area contributed by atoms with Gasteiger partial charge >= 0.3 is 0 Å². The Bertz CT molecular complexity index is 1070. The summed E-state index contributed by atoms with van der Waals surface area (Å²) in [6, 6.07) is 4.46. The number of aliphatic imine (C=N–C) groups is 1. The summed E-state index contributed by atoms with van der Waals surface area (Å²) in [4.78, 5) is 32.9. The van der Waals surface area contributed by atoms with Crippen LogP contribution in [0.1, 0.15) is 25.3 Å². The van der Waals surface area contributed by atoms with Crippen LogP contribution in [0.3, 0.4) is 0 Å². The van der Waals surface area contributed by atoms with Crippen LogP contribution in [0.15, 0.2) is 40.4 Å². The number of halogens is 2. The molecule has 0 saturated carbocycles. The number of amidine groups is 1. The van der Waals surface area contributed by atoms with Gasteiger partial charge in [-0.2, -0.15) is 10.5 Å². The zero-order valence-electron chi connectivity index (χ0n) is 15.7. The van der Waals surface area contributed by atoms with E-state index in [9.17, 15) is 9.59 Å². The standard InChI is InChI=1S/C18H17Cl2N5O4/c1-8(2)11-7-14(23-25(4)18(11)27)28-15-12(19)5-10(6-13(15)20)22-17(26)16-21-9(3)29-24-16/h5-8H,3H2,1-2,4H3,(H,21,24)(H,22,26). The van der Waals surface area contributed by atoms with Crippen LogP contribution in [0.25, 0.3) is 0 Å². The number of nitrogens with one attached hydrogen (secondary N) is 2. The van der Waals surface area contributed by atoms with E-state index in [2.05, 4.69) is 27.5 Å². The molecule has 29 heavy (non-hydrogen) atoms. The molecular weight excluding hydrogens is 421 g/mol. The van der Waals surface area contributed by atoms with E-state index < -0.39 is 5.91 Å². The number of aryl methyl sites for hydroxylation is 1. The first kappa shape index (κ1) is 20.7. The number of benzene rings is 1. The number of amides is 1. The van der Waals surface area contributed by atoms with Crippen molar-refractivity contribution >= 4 is 40.6 Å². The number of aromatic nitrogens is 2. The molecule has 1 aliphatic heterocycles. The third-order valence-electron chi connectivity index (χ3n) is 3.87. The van der Waals surface area contributed by atoms with E-state index in [4.69, 9.17) is 32.8 Å². The number of hydrogen-bond donors (Lipinski definition) is 2. The summed E-state index contributed by atoms with van der Waals surface area (Å²) in [6.45, 7) is 7.25. The number of anilines is 1. The van der Waals surface area contributed by atoms with Crippen LogP contribution < -0.4 is 21.1 Å². The van der Waals surface area contributed by atoms with Gasteiger partial charge in [0.15, 0.2) is 5.75 Å². The monoisotopic (exact) mass is 437 g/mol. The van der Waals surface area contributed by atoms with Gasteiger partial charge in [-0.3, -0.25) is 9.59 Å². The molecule has 3 rings (SSSR count). The molecule has 1 aromatic heterocycles. The second kappa shape index (κ2) is 8.14. The lowest BCUT2D eigenvalue weighted by Gasteiger charge is -2.13. The van der Waals surface area contributed by atoms with Crippen LogP contribution in [0, 0.1) is 0 Å². The highest BCUT2D eigenvalue weighted by molar-refractivity contribution is 6.43. The van der Waals surface area contributed by atoms with Gasteiger partial charge in [0.25, 0.3) is 11.5 Å². The lowest BCUT2D eigenvalue weighted by molar-refractivity contribution is -0.110. The summed E-state index contributed by atoms with van der Waals surface area (Å²) >= 11 is 12.6. The molecule has 0 saturated heterocycles. The van der Waals surface area contributed by atoms with Gasteiger partial charge in [0.1, 0.15) is 0 Å². The Kier molecular flexibility index (Phi) is 5.81. The number of ether oxygens (including phenoxy) is 1. The molecule has 11 heteroatoms. The maximum atomic E-state index is 12.1. The molecule has 0 aliphatic carbocycles. The minimum absolute atomic E-state index is 0.0187. The van der Waals surface area contributed by atoms with Crippen molar-refractivity contribution in [3.8, 4) is 11.6 Å². The number of carbonyl (C=O) groups excluding carboxylic acids is 1. The fourth-order valence-corrected chi connectivity index (χ4v) is 3.03. The molecule has 0 atom stereocenters. The van der Waals surface area contributed by atoms with Gasteiger partial charge in [-0.1, -0.05) is 37.0 Å². The van der Waals surface area contributed by atoms with E-state index >= 15 is 0 Å². The first-order chi connectivity index (χ1) is 13.7. The smallest absolute Gasteiger partial charge is 0.294 e. The van der Waals surface area contributed by atoms with Gasteiger partial charge in [-0.05, 0) is 24.6 Å². The normalized spacial score (nSPS) is 13.0. The third-order valence-corrected chi connectivity index (χ3v) is 4.43. The van der Waals surface area contributed by atoms with Crippen molar-refractivity contribution < 1.29 is 14.4 Å². The fourth-order valence-electron chi connectivity index (χ4n) is 2.47. The second-order valence-corrected chi connectivity index (χ2v) is 7.22. The Morgan fingerprint density at radius 3 is 2.52 bits per heavy atom. The molecule has 1 aliphatic rings. The lowest BCUT2D eigenvalue weighted by Crippen LogP contribution is -2.31. The molecule has 0 fully saturated rings. The highest BCUT2D eigenvalue weighted by atomic mass is 35.5. The Hall–Kier alpha value is -3.04. The number of carbonyl (C=O) groups is 1. The molecule has 2 aromatic rings. The zero-order chi connectivity index (χ0) is 21.3. The highest BCUT2D eigenvalue weighted by Crippen LogP contribution is 2.38. The number of rotatable bonds is 5. The van der Waals surface area contributed by atoms with Crippen LogP contribution in [0.2, 0.25) is 10.0 Å². The number of hydrogen-bond acceptors (Lipinski definition) is 7. The maximum absolute atomic E-state index is 12.1. The molecular formula is C18H17Cl2N5O4. The topological polar surface area (TPSA) is 107 Å². The predicted octanol–water partition coefficient (Wildman–Crippen LogP) is 3.35. The first-order valence-corrected chi connectivity index (χ1v) is 9.18. The second-order valence-electron chi connectivity index (χ2n) is 6.40. The van der Waals surface area contributed by atoms with Gasteiger partial charge in [-0.15, -0.1) is 5.10 Å². The van der Waals surface area contributed by atoms with Gasteiger partial charge in [0.05, 0.1) is 10.0 Å². The first-order valence-electron chi connectivity index (χ1n) is 8.42. The van der Waals surface area contributed by atoms with Crippen molar-refractivity contribution in [3.05, 3.63) is 56.6 Å². The SMILES string of the molecule is C=C1N=C(C(=O)Nc2cc(Cl)c(Oc3cc(C(C)C)c(=O)n(C)n3)c(Cl)c2)NO1. The fraction of sp³-hybridized carbons (Fsp3) is 0.222. The quantitative estimate of drug-likeness (QED) is 0.742. The summed E-state index contributed by atoms with van der Waals surface area (Å²) in [6.07, 6.45) is 0. The summed E-state index contributed by atoms with van der Waals surface area (Å²) in [5, 5.41) is 6.92. The molecule has 2 heterocycles. The Labute approximate surface area is 175 Å². The van der Waals surface area contributed by atoms with Gasteiger partial charge in [0.2, 0.25) is 17.6 Å². The third kappa shape index (κ3) is 4.52. The summed E-state index contributed by atoms with van der Waals surface area (Å²) in [5.74, 6) is -0.268. The average molecular weight is 438 g/mol. The van der Waals surface area contributed by atoms with E-state index in [1.54, 1.807) is 6.07 Å². The van der Waals surface area contributed by atoms with E-state index in [1.807, 2.05) is 13.8 Å². The molecule has 0 spiro atoms. The van der Waals surface area contributed by atoms with Crippen molar-refractivity contribution in [2.24, 2.45) is 12.0 Å². The zero-order valence-corrected chi connectivity index (χ0v) is 17.3. The van der Waals surface area contributed by atoms with Crippen LogP contribution in [0.4, 0.5) is 5.69 Å². The van der Waals surface area contributed by atoms with Gasteiger partial charge < -0.3 is 14.9 Å². The molecule has 1 aromatic carbocycles. The number of hydroxylamine groups is 1. The van der Waals surface area contributed by atoms with Crippen molar-refractivity contribution in [3.63, 3.8) is 0 Å². The van der Waals surface area contributed by atoms with E-state index in [1.165, 1.54) is 23.9 Å². The minimum Gasteiger partial charge on any atom is -0.434 e. The molecule has 0 bridgehead atoms. The minimum atomic E-state index is -0.564. The summed E-state index contributed by atoms with van der Waals surface area (Å²) in [7, 11) is 1.53. The maximum Gasteiger partial charge on any atom is 0.294 e. The predicted molar refractivity (Wildman–Crippen MR) is 110 cm³/mol.